The lowest BCUT2D eigenvalue weighted by Gasteiger charge is -2.31. The second-order valence-corrected chi connectivity index (χ2v) is 7.83. The molecule has 2 aromatic carbocycles. The molecule has 0 atom stereocenters. The molecule has 0 saturated heterocycles. The zero-order chi connectivity index (χ0) is 23.5. The number of benzene rings is 2. The van der Waals surface area contributed by atoms with E-state index in [0.717, 1.165) is 15.7 Å². The first-order chi connectivity index (χ1) is 15.9. The van der Waals surface area contributed by atoms with E-state index in [4.69, 9.17) is 14.8 Å². The standard InChI is InChI=1S/C24H25FN4O4/c1-27-22-20(23(31)29(24(27)32)11-4-12-30)15-28(14-16-7-9-18(25)10-8-16)21(26-22)17-5-3-6-19(13-17)33-2/h3,5-10,13,30H,4,11-12,14-15H2,1-2H3. The van der Waals surface area contributed by atoms with Crippen molar-refractivity contribution in [2.24, 2.45) is 12.0 Å². The number of hydrogen-bond donors (Lipinski definition) is 1. The zero-order valence-electron chi connectivity index (χ0n) is 18.5. The highest BCUT2D eigenvalue weighted by Gasteiger charge is 2.27. The lowest BCUT2D eigenvalue weighted by molar-refractivity contribution is 0.277. The van der Waals surface area contributed by atoms with E-state index < -0.39 is 11.2 Å². The Labute approximate surface area is 189 Å². The van der Waals surface area contributed by atoms with Gasteiger partial charge in [-0.05, 0) is 36.2 Å². The lowest BCUT2D eigenvalue weighted by atomic mass is 10.1. The molecular formula is C24H25FN4O4. The largest absolute Gasteiger partial charge is 0.497 e. The maximum Gasteiger partial charge on any atom is 0.332 e. The fraction of sp³-hybridized carbons (Fsp3) is 0.292. The number of aliphatic hydroxyl groups is 1. The van der Waals surface area contributed by atoms with Crippen LogP contribution in [0.15, 0.2) is 63.1 Å². The molecule has 0 saturated carbocycles. The number of nitrogens with zero attached hydrogens (tertiary/aromatic N) is 4. The molecule has 0 radical (unpaired) electrons. The molecule has 33 heavy (non-hydrogen) atoms. The van der Waals surface area contributed by atoms with Gasteiger partial charge in [0.15, 0.2) is 0 Å². The van der Waals surface area contributed by atoms with Crippen LogP contribution in [0.4, 0.5) is 10.2 Å². The summed E-state index contributed by atoms with van der Waals surface area (Å²) in [6.07, 6.45) is 0.297. The molecule has 0 amide bonds. The van der Waals surface area contributed by atoms with Gasteiger partial charge in [-0.25, -0.2) is 14.2 Å². The Morgan fingerprint density at radius 1 is 1.15 bits per heavy atom. The highest BCUT2D eigenvalue weighted by atomic mass is 19.1. The van der Waals surface area contributed by atoms with Crippen molar-refractivity contribution in [1.82, 2.24) is 14.0 Å². The highest BCUT2D eigenvalue weighted by molar-refractivity contribution is 6.01. The van der Waals surface area contributed by atoms with Gasteiger partial charge in [-0.1, -0.05) is 24.3 Å². The van der Waals surface area contributed by atoms with E-state index in [2.05, 4.69) is 0 Å². The molecule has 2 heterocycles. The minimum absolute atomic E-state index is 0.124. The fourth-order valence-corrected chi connectivity index (χ4v) is 3.91. The Bertz CT molecular complexity index is 1310. The number of halogens is 1. The third-order valence-corrected chi connectivity index (χ3v) is 5.62. The van der Waals surface area contributed by atoms with Crippen LogP contribution >= 0.6 is 0 Å². The zero-order valence-corrected chi connectivity index (χ0v) is 18.5. The number of hydrogen-bond acceptors (Lipinski definition) is 6. The first-order valence-electron chi connectivity index (χ1n) is 10.6. The summed E-state index contributed by atoms with van der Waals surface area (Å²) in [5.41, 5.74) is 1.11. The minimum atomic E-state index is -0.479. The van der Waals surface area contributed by atoms with Crippen LogP contribution in [-0.2, 0) is 26.7 Å². The molecule has 0 fully saturated rings. The molecule has 1 aliphatic rings. The average molecular weight is 452 g/mol. The maximum atomic E-state index is 13.4. The second kappa shape index (κ2) is 9.41. The lowest BCUT2D eigenvalue weighted by Crippen LogP contribution is -2.45. The predicted molar refractivity (Wildman–Crippen MR) is 122 cm³/mol. The maximum absolute atomic E-state index is 13.4. The van der Waals surface area contributed by atoms with Gasteiger partial charge < -0.3 is 14.7 Å². The topological polar surface area (TPSA) is 89.1 Å². The van der Waals surface area contributed by atoms with Crippen LogP contribution in [0.5, 0.6) is 5.75 Å². The number of amidine groups is 1. The SMILES string of the molecule is COc1cccc(C2=Nc3c(c(=O)n(CCCO)c(=O)n3C)CN2Cc2ccc(F)cc2)c1. The summed E-state index contributed by atoms with van der Waals surface area (Å²) in [4.78, 5) is 32.7. The Kier molecular flexibility index (Phi) is 6.41. The Morgan fingerprint density at radius 3 is 2.61 bits per heavy atom. The molecule has 3 aromatic rings. The molecule has 0 aliphatic carbocycles. The quantitative estimate of drug-likeness (QED) is 0.594. The Morgan fingerprint density at radius 2 is 1.91 bits per heavy atom. The number of ether oxygens (including phenoxy) is 1. The molecule has 8 nitrogen and oxygen atoms in total. The number of methoxy groups -OCH3 is 1. The summed E-state index contributed by atoms with van der Waals surface area (Å²) in [5.74, 6) is 1.20. The molecule has 1 N–H and O–H groups in total. The van der Waals surface area contributed by atoms with Gasteiger partial charge in [-0.3, -0.25) is 13.9 Å². The third-order valence-electron chi connectivity index (χ3n) is 5.62. The van der Waals surface area contributed by atoms with Crippen molar-refractivity contribution in [3.8, 4) is 5.75 Å². The van der Waals surface area contributed by atoms with Crippen molar-refractivity contribution in [2.75, 3.05) is 13.7 Å². The van der Waals surface area contributed by atoms with Crippen LogP contribution in [-0.4, -0.2) is 38.7 Å². The summed E-state index contributed by atoms with van der Waals surface area (Å²) in [6.45, 7) is 0.602. The molecule has 1 aliphatic heterocycles. The van der Waals surface area contributed by atoms with Crippen LogP contribution in [0.1, 0.15) is 23.1 Å². The van der Waals surface area contributed by atoms with Gasteiger partial charge in [0.2, 0.25) is 0 Å². The first-order valence-corrected chi connectivity index (χ1v) is 10.6. The summed E-state index contributed by atoms with van der Waals surface area (Å²) < 4.78 is 21.3. The molecule has 172 valence electrons. The van der Waals surface area contributed by atoms with Crippen LogP contribution < -0.4 is 16.0 Å². The van der Waals surface area contributed by atoms with Gasteiger partial charge in [0.1, 0.15) is 23.2 Å². The van der Waals surface area contributed by atoms with Crippen LogP contribution in [0.2, 0.25) is 0 Å². The van der Waals surface area contributed by atoms with Gasteiger partial charge in [-0.2, -0.15) is 0 Å². The predicted octanol–water partition coefficient (Wildman–Crippen LogP) is 2.17. The number of fused-ring (bicyclic) bond motifs is 1. The molecule has 0 bridgehead atoms. The first kappa shape index (κ1) is 22.5. The molecule has 0 unspecified atom stereocenters. The summed E-state index contributed by atoms with van der Waals surface area (Å²) in [5, 5.41) is 9.16. The van der Waals surface area contributed by atoms with Crippen LogP contribution in [0.3, 0.4) is 0 Å². The van der Waals surface area contributed by atoms with Gasteiger partial charge in [-0.15, -0.1) is 0 Å². The molecular weight excluding hydrogens is 427 g/mol. The summed E-state index contributed by atoms with van der Waals surface area (Å²) in [6, 6.07) is 13.5. The van der Waals surface area contributed by atoms with Crippen LogP contribution in [0.25, 0.3) is 0 Å². The smallest absolute Gasteiger partial charge is 0.332 e. The summed E-state index contributed by atoms with van der Waals surface area (Å²) in [7, 11) is 3.16. The monoisotopic (exact) mass is 452 g/mol. The normalized spacial score (nSPS) is 13.0. The van der Waals surface area contributed by atoms with Gasteiger partial charge >= 0.3 is 5.69 Å². The molecule has 0 spiro atoms. The van der Waals surface area contributed by atoms with Gasteiger partial charge in [0.05, 0.1) is 19.2 Å². The number of aliphatic hydroxyl groups excluding tert-OH is 1. The summed E-state index contributed by atoms with van der Waals surface area (Å²) >= 11 is 0. The number of rotatable bonds is 7. The van der Waals surface area contributed by atoms with E-state index in [1.54, 1.807) is 26.3 Å². The molecule has 4 rings (SSSR count). The van der Waals surface area contributed by atoms with Crippen molar-refractivity contribution in [3.63, 3.8) is 0 Å². The Balaban J connectivity index is 1.86. The molecule has 9 heteroatoms. The van der Waals surface area contributed by atoms with E-state index in [9.17, 15) is 14.0 Å². The number of aliphatic imine (C=N–C) groups is 1. The van der Waals surface area contributed by atoms with Crippen LogP contribution in [0, 0.1) is 5.82 Å². The third kappa shape index (κ3) is 4.45. The van der Waals surface area contributed by atoms with E-state index in [-0.39, 0.29) is 25.5 Å². The van der Waals surface area contributed by atoms with Gasteiger partial charge in [0.25, 0.3) is 5.56 Å². The van der Waals surface area contributed by atoms with Crippen molar-refractivity contribution < 1.29 is 14.2 Å². The highest BCUT2D eigenvalue weighted by Crippen LogP contribution is 2.27. The van der Waals surface area contributed by atoms with E-state index in [1.165, 1.54) is 16.7 Å². The van der Waals surface area contributed by atoms with E-state index >= 15 is 0 Å². The van der Waals surface area contributed by atoms with Crippen molar-refractivity contribution in [1.29, 1.82) is 0 Å². The second-order valence-electron chi connectivity index (χ2n) is 7.83. The Hall–Kier alpha value is -3.72. The van der Waals surface area contributed by atoms with Crippen molar-refractivity contribution >= 4 is 11.7 Å². The average Bonchev–Trinajstić information content (AvgIpc) is 2.84. The fourth-order valence-electron chi connectivity index (χ4n) is 3.91. The van der Waals surface area contributed by atoms with E-state index in [0.29, 0.717) is 35.9 Å². The van der Waals surface area contributed by atoms with Gasteiger partial charge in [0, 0.05) is 32.3 Å². The van der Waals surface area contributed by atoms with Crippen molar-refractivity contribution in [2.45, 2.75) is 26.1 Å². The minimum Gasteiger partial charge on any atom is -0.497 e. The van der Waals surface area contributed by atoms with E-state index in [1.807, 2.05) is 29.2 Å². The number of aromatic nitrogens is 2. The van der Waals surface area contributed by atoms with Crippen molar-refractivity contribution in [3.05, 3.63) is 91.9 Å². The molecule has 1 aromatic heterocycles.